The van der Waals surface area contributed by atoms with Gasteiger partial charge in [-0.3, -0.25) is 4.79 Å². The zero-order valence-electron chi connectivity index (χ0n) is 7.82. The molecule has 72 valence electrons. The van der Waals surface area contributed by atoms with E-state index in [1.807, 2.05) is 25.1 Å². The molecular formula is C11H10O3. The maximum atomic E-state index is 10.3. The minimum absolute atomic E-state index is 0.273. The van der Waals surface area contributed by atoms with E-state index in [1.54, 1.807) is 0 Å². The summed E-state index contributed by atoms with van der Waals surface area (Å²) in [7, 11) is 0. The minimum atomic E-state index is 0.273. The molecule has 0 fully saturated rings. The molecule has 0 aromatic heterocycles. The van der Waals surface area contributed by atoms with Crippen LogP contribution in [0.15, 0.2) is 24.3 Å². The summed E-state index contributed by atoms with van der Waals surface area (Å²) in [4.78, 5) is 10.3. The maximum absolute atomic E-state index is 10.3. The van der Waals surface area contributed by atoms with Gasteiger partial charge in [0.2, 0.25) is 6.79 Å². The van der Waals surface area contributed by atoms with Gasteiger partial charge in [-0.2, -0.15) is 0 Å². The number of allylic oxidation sites excluding steroid dienone is 2. The van der Waals surface area contributed by atoms with Gasteiger partial charge < -0.3 is 9.47 Å². The fourth-order valence-corrected chi connectivity index (χ4v) is 1.34. The van der Waals surface area contributed by atoms with Crippen LogP contribution in [0.3, 0.4) is 0 Å². The second kappa shape index (κ2) is 3.54. The lowest BCUT2D eigenvalue weighted by Gasteiger charge is -2.01. The quantitative estimate of drug-likeness (QED) is 0.528. The summed E-state index contributed by atoms with van der Waals surface area (Å²) in [5.74, 6) is 1.49. The van der Waals surface area contributed by atoms with Gasteiger partial charge >= 0.3 is 0 Å². The molecule has 14 heavy (non-hydrogen) atoms. The summed E-state index contributed by atoms with van der Waals surface area (Å²) in [5, 5.41) is 0. The Kier molecular flexibility index (Phi) is 2.23. The van der Waals surface area contributed by atoms with Crippen molar-refractivity contribution in [2.24, 2.45) is 0 Å². The third-order valence-electron chi connectivity index (χ3n) is 2.15. The second-order valence-corrected chi connectivity index (χ2v) is 3.05. The summed E-state index contributed by atoms with van der Waals surface area (Å²) in [5.41, 5.74) is 1.89. The molecule has 0 amide bonds. The molecule has 1 aliphatic rings. The smallest absolute Gasteiger partial charge is 0.231 e. The topological polar surface area (TPSA) is 35.5 Å². The monoisotopic (exact) mass is 190 g/mol. The van der Waals surface area contributed by atoms with Crippen LogP contribution < -0.4 is 9.47 Å². The Morgan fingerprint density at radius 1 is 1.36 bits per heavy atom. The molecule has 0 radical (unpaired) electrons. The first kappa shape index (κ1) is 8.81. The molecule has 0 saturated heterocycles. The van der Waals surface area contributed by atoms with E-state index in [-0.39, 0.29) is 6.79 Å². The Labute approximate surface area is 81.9 Å². The average Bonchev–Trinajstić information content (AvgIpc) is 2.64. The maximum Gasteiger partial charge on any atom is 0.231 e. The molecule has 0 N–H and O–H groups in total. The Hall–Kier alpha value is -1.77. The lowest BCUT2D eigenvalue weighted by atomic mass is 10.1. The zero-order valence-corrected chi connectivity index (χ0v) is 7.82. The first-order chi connectivity index (χ1) is 6.81. The highest BCUT2D eigenvalue weighted by atomic mass is 16.7. The summed E-state index contributed by atoms with van der Waals surface area (Å²) in [6, 6.07) is 5.63. The van der Waals surface area contributed by atoms with Crippen molar-refractivity contribution in [1.29, 1.82) is 0 Å². The molecule has 0 atom stereocenters. The molecule has 1 aromatic rings. The van der Waals surface area contributed by atoms with Gasteiger partial charge in [0.15, 0.2) is 11.5 Å². The van der Waals surface area contributed by atoms with E-state index in [1.165, 1.54) is 6.08 Å². The second-order valence-electron chi connectivity index (χ2n) is 3.05. The van der Waals surface area contributed by atoms with Crippen molar-refractivity contribution in [3.05, 3.63) is 29.8 Å². The number of rotatable bonds is 2. The van der Waals surface area contributed by atoms with E-state index < -0.39 is 0 Å². The summed E-state index contributed by atoms with van der Waals surface area (Å²) in [6.45, 7) is 2.15. The van der Waals surface area contributed by atoms with E-state index >= 15 is 0 Å². The van der Waals surface area contributed by atoms with E-state index in [2.05, 4.69) is 0 Å². The predicted octanol–water partition coefficient (Wildman–Crippen LogP) is 2.02. The molecule has 3 nitrogen and oxygen atoms in total. The van der Waals surface area contributed by atoms with Gasteiger partial charge in [-0.05, 0) is 36.3 Å². The lowest BCUT2D eigenvalue weighted by molar-refractivity contribution is -0.104. The third-order valence-corrected chi connectivity index (χ3v) is 2.15. The van der Waals surface area contributed by atoms with Crippen molar-refractivity contribution in [3.8, 4) is 11.5 Å². The molecular weight excluding hydrogens is 180 g/mol. The molecule has 0 spiro atoms. The molecule has 1 aliphatic heterocycles. The largest absolute Gasteiger partial charge is 0.454 e. The van der Waals surface area contributed by atoms with Crippen LogP contribution in [-0.2, 0) is 4.79 Å². The van der Waals surface area contributed by atoms with Gasteiger partial charge in [0, 0.05) is 0 Å². The summed E-state index contributed by atoms with van der Waals surface area (Å²) in [6.07, 6.45) is 2.30. The van der Waals surface area contributed by atoms with Crippen LogP contribution in [0.5, 0.6) is 11.5 Å². The highest BCUT2D eigenvalue weighted by Gasteiger charge is 2.13. The molecule has 3 heteroatoms. The van der Waals surface area contributed by atoms with Gasteiger partial charge in [-0.1, -0.05) is 6.07 Å². The fourth-order valence-electron chi connectivity index (χ4n) is 1.34. The number of carbonyl (C=O) groups excluding carboxylic acids is 1. The van der Waals surface area contributed by atoms with Gasteiger partial charge in [-0.15, -0.1) is 0 Å². The van der Waals surface area contributed by atoms with Crippen molar-refractivity contribution in [3.63, 3.8) is 0 Å². The predicted molar refractivity (Wildman–Crippen MR) is 52.3 cm³/mol. The van der Waals surface area contributed by atoms with Gasteiger partial charge in [0.25, 0.3) is 0 Å². The number of hydrogen-bond donors (Lipinski definition) is 0. The minimum Gasteiger partial charge on any atom is -0.454 e. The summed E-state index contributed by atoms with van der Waals surface area (Å²) < 4.78 is 10.4. The molecule has 1 aromatic carbocycles. The Morgan fingerprint density at radius 3 is 2.93 bits per heavy atom. The highest BCUT2D eigenvalue weighted by Crippen LogP contribution is 2.34. The number of ether oxygens (including phenoxy) is 2. The molecule has 1 heterocycles. The van der Waals surface area contributed by atoms with E-state index in [9.17, 15) is 4.79 Å². The van der Waals surface area contributed by atoms with Crippen LogP contribution in [0, 0.1) is 0 Å². The molecule has 0 aliphatic carbocycles. The van der Waals surface area contributed by atoms with E-state index in [4.69, 9.17) is 9.47 Å². The van der Waals surface area contributed by atoms with Crippen molar-refractivity contribution in [1.82, 2.24) is 0 Å². The first-order valence-electron chi connectivity index (χ1n) is 4.33. The fraction of sp³-hybridized carbons (Fsp3) is 0.182. The van der Waals surface area contributed by atoms with Gasteiger partial charge in [-0.25, -0.2) is 0 Å². The number of fused-ring (bicyclic) bond motifs is 1. The molecule has 0 unspecified atom stereocenters. The van der Waals surface area contributed by atoms with Crippen LogP contribution in [0.25, 0.3) is 5.57 Å². The Balaban J connectivity index is 2.37. The molecule has 2 rings (SSSR count). The van der Waals surface area contributed by atoms with Crippen molar-refractivity contribution < 1.29 is 14.3 Å². The Bertz CT molecular complexity index is 394. The van der Waals surface area contributed by atoms with Crippen LogP contribution in [0.2, 0.25) is 0 Å². The van der Waals surface area contributed by atoms with Crippen LogP contribution in [0.1, 0.15) is 12.5 Å². The zero-order chi connectivity index (χ0) is 9.97. The van der Waals surface area contributed by atoms with Gasteiger partial charge in [0.05, 0.1) is 0 Å². The Morgan fingerprint density at radius 2 is 2.14 bits per heavy atom. The van der Waals surface area contributed by atoms with Gasteiger partial charge in [0.1, 0.15) is 6.29 Å². The lowest BCUT2D eigenvalue weighted by Crippen LogP contribution is -1.92. The molecule has 0 bridgehead atoms. The SMILES string of the molecule is CC(=CC=O)c1ccc2c(c1)OCO2. The summed E-state index contributed by atoms with van der Waals surface area (Å²) >= 11 is 0. The van der Waals surface area contributed by atoms with Crippen LogP contribution in [-0.4, -0.2) is 13.1 Å². The van der Waals surface area contributed by atoms with Crippen molar-refractivity contribution in [2.75, 3.05) is 6.79 Å². The number of hydrogen-bond acceptors (Lipinski definition) is 3. The van der Waals surface area contributed by atoms with E-state index in [0.717, 1.165) is 28.9 Å². The average molecular weight is 190 g/mol. The number of benzene rings is 1. The standard InChI is InChI=1S/C11H10O3/c1-8(4-5-12)9-2-3-10-11(6-9)14-7-13-10/h2-6H,7H2,1H3. The normalized spacial score (nSPS) is 14.2. The molecule has 0 saturated carbocycles. The number of aldehydes is 1. The van der Waals surface area contributed by atoms with E-state index in [0.29, 0.717) is 0 Å². The first-order valence-corrected chi connectivity index (χ1v) is 4.33. The highest BCUT2D eigenvalue weighted by molar-refractivity contribution is 5.81. The van der Waals surface area contributed by atoms with Crippen LogP contribution >= 0.6 is 0 Å². The van der Waals surface area contributed by atoms with Crippen molar-refractivity contribution in [2.45, 2.75) is 6.92 Å². The number of carbonyl (C=O) groups is 1. The van der Waals surface area contributed by atoms with Crippen molar-refractivity contribution >= 4 is 11.9 Å². The van der Waals surface area contributed by atoms with Crippen LogP contribution in [0.4, 0.5) is 0 Å². The third kappa shape index (κ3) is 1.48.